The van der Waals surface area contributed by atoms with Crippen molar-refractivity contribution in [1.82, 2.24) is 20.2 Å². The van der Waals surface area contributed by atoms with Crippen molar-refractivity contribution < 1.29 is 9.59 Å². The number of aromatic nitrogens is 2. The molecule has 1 fully saturated rings. The standard InChI is InChI=1S/C26H30N4O2S/c1-19-23(16-20-8-4-2-5-9-20)29-26(28-19)33-18-24(31)27-17-21-10-12-22(13-11-21)25(32)30-14-6-3-7-15-30/h2,4-5,8-13H,3,6-7,14-18H2,1H3,(H,27,31)(H,28,29). The van der Waals surface area contributed by atoms with Crippen LogP contribution in [0, 0.1) is 6.92 Å². The summed E-state index contributed by atoms with van der Waals surface area (Å²) in [6.07, 6.45) is 4.14. The summed E-state index contributed by atoms with van der Waals surface area (Å²) in [5.41, 5.74) is 4.93. The van der Waals surface area contributed by atoms with E-state index < -0.39 is 0 Å². The highest BCUT2D eigenvalue weighted by atomic mass is 32.2. The fraction of sp³-hybridized carbons (Fsp3) is 0.346. The monoisotopic (exact) mass is 462 g/mol. The number of imidazole rings is 1. The van der Waals surface area contributed by atoms with Crippen molar-refractivity contribution in [2.75, 3.05) is 18.8 Å². The molecule has 2 aromatic carbocycles. The molecule has 0 atom stereocenters. The molecule has 172 valence electrons. The third-order valence-electron chi connectivity index (χ3n) is 5.85. The van der Waals surface area contributed by atoms with Crippen LogP contribution in [0.4, 0.5) is 0 Å². The Bertz CT molecular complexity index is 1070. The third-order valence-corrected chi connectivity index (χ3v) is 6.73. The number of carbonyl (C=O) groups excluding carboxylic acids is 2. The first kappa shape index (κ1) is 23.1. The Morgan fingerprint density at radius 1 is 1.00 bits per heavy atom. The molecule has 7 heteroatoms. The fourth-order valence-corrected chi connectivity index (χ4v) is 4.70. The Labute approximate surface area is 199 Å². The second-order valence-electron chi connectivity index (χ2n) is 8.39. The zero-order valence-electron chi connectivity index (χ0n) is 19.0. The molecule has 0 unspecified atom stereocenters. The van der Waals surface area contributed by atoms with Crippen molar-refractivity contribution in [2.24, 2.45) is 0 Å². The first-order chi connectivity index (χ1) is 16.1. The highest BCUT2D eigenvalue weighted by molar-refractivity contribution is 7.99. The predicted molar refractivity (Wildman–Crippen MR) is 131 cm³/mol. The van der Waals surface area contributed by atoms with Crippen LogP contribution in [0.2, 0.25) is 0 Å². The fourth-order valence-electron chi connectivity index (χ4n) is 3.93. The van der Waals surface area contributed by atoms with E-state index in [0.717, 1.165) is 54.5 Å². The van der Waals surface area contributed by atoms with Gasteiger partial charge in [0.25, 0.3) is 5.91 Å². The van der Waals surface area contributed by atoms with E-state index in [-0.39, 0.29) is 11.8 Å². The Kier molecular flexibility index (Phi) is 7.83. The number of hydrogen-bond donors (Lipinski definition) is 2. The van der Waals surface area contributed by atoms with Gasteiger partial charge in [0.15, 0.2) is 5.16 Å². The van der Waals surface area contributed by atoms with Gasteiger partial charge in [-0.2, -0.15) is 0 Å². The number of likely N-dealkylation sites (tertiary alicyclic amines) is 1. The first-order valence-corrected chi connectivity index (χ1v) is 12.4. The first-order valence-electron chi connectivity index (χ1n) is 11.5. The maximum atomic E-state index is 12.6. The molecule has 1 saturated heterocycles. The van der Waals surface area contributed by atoms with Crippen molar-refractivity contribution in [3.8, 4) is 0 Å². The Morgan fingerprint density at radius 2 is 1.73 bits per heavy atom. The minimum atomic E-state index is -0.0490. The van der Waals surface area contributed by atoms with Crippen molar-refractivity contribution >= 4 is 23.6 Å². The van der Waals surface area contributed by atoms with Gasteiger partial charge in [-0.15, -0.1) is 0 Å². The Balaban J connectivity index is 1.23. The van der Waals surface area contributed by atoms with E-state index in [4.69, 9.17) is 0 Å². The summed E-state index contributed by atoms with van der Waals surface area (Å²) in [5.74, 6) is 0.345. The molecule has 3 aromatic rings. The summed E-state index contributed by atoms with van der Waals surface area (Å²) in [6.45, 7) is 4.14. The lowest BCUT2D eigenvalue weighted by Crippen LogP contribution is -2.35. The minimum absolute atomic E-state index is 0.0490. The molecule has 0 saturated carbocycles. The number of rotatable bonds is 8. The van der Waals surface area contributed by atoms with Crippen LogP contribution in [0.25, 0.3) is 0 Å². The van der Waals surface area contributed by atoms with Gasteiger partial charge in [0.1, 0.15) is 0 Å². The summed E-state index contributed by atoms with van der Waals surface area (Å²) >= 11 is 1.40. The summed E-state index contributed by atoms with van der Waals surface area (Å²) in [5, 5.41) is 3.70. The second kappa shape index (κ2) is 11.2. The molecule has 6 nitrogen and oxygen atoms in total. The van der Waals surface area contributed by atoms with E-state index in [1.54, 1.807) is 0 Å². The van der Waals surface area contributed by atoms with Gasteiger partial charge in [-0.1, -0.05) is 54.2 Å². The number of amides is 2. The van der Waals surface area contributed by atoms with Crippen LogP contribution in [-0.2, 0) is 17.8 Å². The molecule has 0 spiro atoms. The number of nitrogens with one attached hydrogen (secondary N) is 2. The van der Waals surface area contributed by atoms with Gasteiger partial charge in [-0.05, 0) is 49.4 Å². The number of nitrogens with zero attached hydrogens (tertiary/aromatic N) is 2. The van der Waals surface area contributed by atoms with E-state index in [1.165, 1.54) is 23.7 Å². The molecular weight excluding hydrogens is 432 g/mol. The molecule has 0 aliphatic carbocycles. The van der Waals surface area contributed by atoms with Gasteiger partial charge < -0.3 is 15.2 Å². The zero-order chi connectivity index (χ0) is 23.0. The smallest absolute Gasteiger partial charge is 0.253 e. The summed E-state index contributed by atoms with van der Waals surface area (Å²) in [7, 11) is 0. The van der Waals surface area contributed by atoms with Gasteiger partial charge in [-0.3, -0.25) is 9.59 Å². The van der Waals surface area contributed by atoms with Crippen LogP contribution in [0.3, 0.4) is 0 Å². The maximum absolute atomic E-state index is 12.6. The molecule has 1 aliphatic rings. The molecule has 2 amide bonds. The highest BCUT2D eigenvalue weighted by Gasteiger charge is 2.18. The molecule has 0 bridgehead atoms. The summed E-state index contributed by atoms with van der Waals surface area (Å²) in [4.78, 5) is 34.7. The van der Waals surface area contributed by atoms with Crippen LogP contribution in [0.5, 0.6) is 0 Å². The van der Waals surface area contributed by atoms with Gasteiger partial charge in [0.2, 0.25) is 5.91 Å². The highest BCUT2D eigenvalue weighted by Crippen LogP contribution is 2.19. The van der Waals surface area contributed by atoms with E-state index in [1.807, 2.05) is 54.3 Å². The van der Waals surface area contributed by atoms with Gasteiger partial charge in [-0.25, -0.2) is 4.98 Å². The van der Waals surface area contributed by atoms with Crippen LogP contribution in [-0.4, -0.2) is 45.5 Å². The number of aryl methyl sites for hydroxylation is 1. The predicted octanol–water partition coefficient (Wildman–Crippen LogP) is 4.34. The van der Waals surface area contributed by atoms with Crippen molar-refractivity contribution in [3.05, 3.63) is 82.7 Å². The molecule has 1 aliphatic heterocycles. The van der Waals surface area contributed by atoms with Gasteiger partial charge in [0, 0.05) is 37.3 Å². The second-order valence-corrected chi connectivity index (χ2v) is 9.36. The van der Waals surface area contributed by atoms with E-state index in [0.29, 0.717) is 17.9 Å². The number of carbonyl (C=O) groups is 2. The van der Waals surface area contributed by atoms with E-state index in [2.05, 4.69) is 27.4 Å². The van der Waals surface area contributed by atoms with Crippen LogP contribution in [0.15, 0.2) is 59.8 Å². The van der Waals surface area contributed by atoms with Gasteiger partial charge in [0.05, 0.1) is 11.4 Å². The number of aromatic amines is 1. The van der Waals surface area contributed by atoms with Crippen molar-refractivity contribution in [1.29, 1.82) is 0 Å². The largest absolute Gasteiger partial charge is 0.351 e. The lowest BCUT2D eigenvalue weighted by molar-refractivity contribution is -0.118. The molecular formula is C26H30N4O2S. The Morgan fingerprint density at radius 3 is 2.45 bits per heavy atom. The minimum Gasteiger partial charge on any atom is -0.351 e. The number of hydrogen-bond acceptors (Lipinski definition) is 4. The molecule has 0 radical (unpaired) electrons. The topological polar surface area (TPSA) is 78.1 Å². The lowest BCUT2D eigenvalue weighted by Gasteiger charge is -2.26. The number of H-pyrrole nitrogens is 1. The van der Waals surface area contributed by atoms with E-state index >= 15 is 0 Å². The summed E-state index contributed by atoms with van der Waals surface area (Å²) < 4.78 is 0. The number of piperidine rings is 1. The van der Waals surface area contributed by atoms with Crippen LogP contribution >= 0.6 is 11.8 Å². The van der Waals surface area contributed by atoms with E-state index in [9.17, 15) is 9.59 Å². The van der Waals surface area contributed by atoms with Crippen molar-refractivity contribution in [2.45, 2.75) is 44.3 Å². The summed E-state index contributed by atoms with van der Waals surface area (Å²) in [6, 6.07) is 17.8. The SMILES string of the molecule is Cc1[nH]c(SCC(=O)NCc2ccc(C(=O)N3CCCCC3)cc2)nc1Cc1ccccc1. The molecule has 2 heterocycles. The lowest BCUT2D eigenvalue weighted by atomic mass is 10.1. The normalized spacial score (nSPS) is 13.7. The zero-order valence-corrected chi connectivity index (χ0v) is 19.8. The Hall–Kier alpha value is -3.06. The molecule has 33 heavy (non-hydrogen) atoms. The third kappa shape index (κ3) is 6.48. The maximum Gasteiger partial charge on any atom is 0.253 e. The molecule has 4 rings (SSSR count). The van der Waals surface area contributed by atoms with Gasteiger partial charge >= 0.3 is 0 Å². The average molecular weight is 463 g/mol. The average Bonchev–Trinajstić information content (AvgIpc) is 3.21. The number of benzene rings is 2. The van der Waals surface area contributed by atoms with Crippen molar-refractivity contribution in [3.63, 3.8) is 0 Å². The molecule has 1 aromatic heterocycles. The quantitative estimate of drug-likeness (QED) is 0.488. The van der Waals surface area contributed by atoms with Crippen LogP contribution in [0.1, 0.15) is 52.1 Å². The molecule has 2 N–H and O–H groups in total. The number of thioether (sulfide) groups is 1. The van der Waals surface area contributed by atoms with Crippen LogP contribution < -0.4 is 5.32 Å².